The Bertz CT molecular complexity index is 1220. The normalized spacial score (nSPS) is 14.9. The molecule has 1 fully saturated rings. The number of rotatable bonds is 5. The summed E-state index contributed by atoms with van der Waals surface area (Å²) in [7, 11) is 0. The third-order valence-corrected chi connectivity index (χ3v) is 6.19. The van der Waals surface area contributed by atoms with Crippen molar-refractivity contribution in [2.24, 2.45) is 0 Å². The molecule has 30 heavy (non-hydrogen) atoms. The molecule has 0 aliphatic carbocycles. The van der Waals surface area contributed by atoms with Crippen LogP contribution in [0.15, 0.2) is 64.0 Å². The van der Waals surface area contributed by atoms with Crippen molar-refractivity contribution in [3.8, 4) is 5.75 Å². The van der Waals surface area contributed by atoms with Crippen LogP contribution in [0.25, 0.3) is 16.8 Å². The van der Waals surface area contributed by atoms with Gasteiger partial charge in [-0.1, -0.05) is 24.3 Å². The Morgan fingerprint density at radius 3 is 2.53 bits per heavy atom. The first-order valence-electron chi connectivity index (χ1n) is 8.83. The molecule has 1 heterocycles. The topological polar surface area (TPSA) is 92.7 Å². The highest BCUT2D eigenvalue weighted by atomic mass is 79.9. The molecule has 1 aliphatic rings. The zero-order valence-corrected chi connectivity index (χ0v) is 17.7. The molecule has 8 heteroatoms. The molecule has 4 rings (SSSR count). The molecule has 1 aliphatic heterocycles. The number of carboxylic acid groups (broad SMARTS) is 1. The van der Waals surface area contributed by atoms with Gasteiger partial charge in [0, 0.05) is 4.47 Å². The average Bonchev–Trinajstić information content (AvgIpc) is 3.05. The molecule has 2 amide bonds. The van der Waals surface area contributed by atoms with Crippen LogP contribution in [-0.2, 0) is 11.4 Å². The lowest BCUT2D eigenvalue weighted by Crippen LogP contribution is -2.17. The summed E-state index contributed by atoms with van der Waals surface area (Å²) in [5.74, 6) is -0.674. The second-order valence-electron chi connectivity index (χ2n) is 6.49. The van der Waals surface area contributed by atoms with Crippen molar-refractivity contribution in [1.29, 1.82) is 0 Å². The Kier molecular flexibility index (Phi) is 5.61. The smallest absolute Gasteiger partial charge is 0.335 e. The molecule has 6 nitrogen and oxygen atoms in total. The summed E-state index contributed by atoms with van der Waals surface area (Å²) in [4.78, 5) is 34.4. The molecule has 3 aromatic carbocycles. The molecule has 150 valence electrons. The molecular formula is C22H14BrNO5S. The summed E-state index contributed by atoms with van der Waals surface area (Å²) in [6.45, 7) is 0.317. The number of carbonyl (C=O) groups is 3. The maximum absolute atomic E-state index is 11.8. The Balaban J connectivity index is 1.53. The number of hydrogen-bond donors (Lipinski definition) is 2. The van der Waals surface area contributed by atoms with Crippen molar-refractivity contribution < 1.29 is 24.2 Å². The lowest BCUT2D eigenvalue weighted by Gasteiger charge is -2.10. The van der Waals surface area contributed by atoms with Crippen molar-refractivity contribution in [3.63, 3.8) is 0 Å². The first-order valence-corrected chi connectivity index (χ1v) is 10.4. The van der Waals surface area contributed by atoms with Crippen LogP contribution in [0.1, 0.15) is 21.5 Å². The van der Waals surface area contributed by atoms with E-state index >= 15 is 0 Å². The highest BCUT2D eigenvalue weighted by molar-refractivity contribution is 9.10. The number of thioether (sulfide) groups is 1. The van der Waals surface area contributed by atoms with E-state index in [0.717, 1.165) is 38.1 Å². The minimum absolute atomic E-state index is 0.234. The second kappa shape index (κ2) is 8.33. The lowest BCUT2D eigenvalue weighted by atomic mass is 10.1. The largest absolute Gasteiger partial charge is 0.489 e. The molecule has 0 unspecified atom stereocenters. The third kappa shape index (κ3) is 4.24. The van der Waals surface area contributed by atoms with E-state index in [9.17, 15) is 14.4 Å². The number of amides is 2. The number of nitrogens with one attached hydrogen (secondary N) is 1. The number of imide groups is 1. The molecule has 1 saturated heterocycles. The number of ether oxygens (including phenoxy) is 1. The van der Waals surface area contributed by atoms with Gasteiger partial charge in [-0.2, -0.15) is 0 Å². The molecule has 0 atom stereocenters. The van der Waals surface area contributed by atoms with E-state index in [4.69, 9.17) is 9.84 Å². The van der Waals surface area contributed by atoms with Crippen molar-refractivity contribution in [2.75, 3.05) is 0 Å². The van der Waals surface area contributed by atoms with E-state index in [1.165, 1.54) is 0 Å². The number of carboxylic acids is 1. The van der Waals surface area contributed by atoms with Gasteiger partial charge in [-0.3, -0.25) is 14.9 Å². The Morgan fingerprint density at radius 2 is 1.87 bits per heavy atom. The quantitative estimate of drug-likeness (QED) is 0.484. The first kappa shape index (κ1) is 20.2. The maximum Gasteiger partial charge on any atom is 0.335 e. The van der Waals surface area contributed by atoms with Gasteiger partial charge < -0.3 is 9.84 Å². The fourth-order valence-electron chi connectivity index (χ4n) is 2.96. The fraction of sp³-hybridized carbons (Fsp3) is 0.0455. The number of fused-ring (bicyclic) bond motifs is 1. The number of benzene rings is 3. The van der Waals surface area contributed by atoms with Gasteiger partial charge in [-0.05, 0) is 86.0 Å². The average molecular weight is 484 g/mol. The third-order valence-electron chi connectivity index (χ3n) is 4.49. The maximum atomic E-state index is 11.8. The number of carbonyl (C=O) groups excluding carboxylic acids is 2. The van der Waals surface area contributed by atoms with E-state index in [1.54, 1.807) is 30.3 Å². The number of hydrogen-bond acceptors (Lipinski definition) is 5. The Labute approximate surface area is 184 Å². The van der Waals surface area contributed by atoms with E-state index in [2.05, 4.69) is 21.2 Å². The van der Waals surface area contributed by atoms with Gasteiger partial charge in [0.1, 0.15) is 12.4 Å². The van der Waals surface area contributed by atoms with Crippen molar-refractivity contribution >= 4 is 61.7 Å². The highest BCUT2D eigenvalue weighted by Crippen LogP contribution is 2.34. The van der Waals surface area contributed by atoms with Gasteiger partial charge in [-0.15, -0.1) is 0 Å². The van der Waals surface area contributed by atoms with Crippen molar-refractivity contribution in [3.05, 3.63) is 80.7 Å². The molecule has 0 saturated carbocycles. The summed E-state index contributed by atoms with van der Waals surface area (Å²) in [6, 6.07) is 16.0. The summed E-state index contributed by atoms with van der Waals surface area (Å²) < 4.78 is 6.65. The SMILES string of the molecule is O=C1NC(=O)C(=Cc2ccc3cc(OCc4ccc(C(=O)O)cc4)ccc3c2Br)S1. The van der Waals surface area contributed by atoms with Gasteiger partial charge in [0.05, 0.1) is 10.5 Å². The standard InChI is InChI=1S/C22H14BrNO5S/c23-19-15(10-18-20(25)24-22(28)30-18)6-5-14-9-16(7-8-17(14)19)29-11-12-1-3-13(4-2-12)21(26)27/h1-10H,11H2,(H,26,27)(H,24,25,28). The molecule has 0 bridgehead atoms. The molecule has 0 spiro atoms. The van der Waals surface area contributed by atoms with Crippen LogP contribution in [0.3, 0.4) is 0 Å². The van der Waals surface area contributed by atoms with E-state index in [-0.39, 0.29) is 10.8 Å². The monoisotopic (exact) mass is 483 g/mol. The molecule has 3 aromatic rings. The molecule has 2 N–H and O–H groups in total. The van der Waals surface area contributed by atoms with Crippen LogP contribution >= 0.6 is 27.7 Å². The van der Waals surface area contributed by atoms with Crippen molar-refractivity contribution in [1.82, 2.24) is 5.32 Å². The van der Waals surface area contributed by atoms with E-state index < -0.39 is 11.9 Å². The number of halogens is 1. The Morgan fingerprint density at radius 1 is 1.10 bits per heavy atom. The summed E-state index contributed by atoms with van der Waals surface area (Å²) >= 11 is 4.46. The predicted octanol–water partition coefficient (Wildman–Crippen LogP) is 5.20. The minimum Gasteiger partial charge on any atom is -0.489 e. The zero-order chi connectivity index (χ0) is 21.3. The highest BCUT2D eigenvalue weighted by Gasteiger charge is 2.25. The van der Waals surface area contributed by atoms with Crippen LogP contribution in [0.2, 0.25) is 0 Å². The fourth-order valence-corrected chi connectivity index (χ4v) is 4.24. The van der Waals surface area contributed by atoms with Gasteiger partial charge in [0.25, 0.3) is 11.1 Å². The van der Waals surface area contributed by atoms with Crippen LogP contribution in [-0.4, -0.2) is 22.2 Å². The lowest BCUT2D eigenvalue weighted by molar-refractivity contribution is -0.115. The molecule has 0 aromatic heterocycles. The predicted molar refractivity (Wildman–Crippen MR) is 118 cm³/mol. The van der Waals surface area contributed by atoms with Crippen LogP contribution in [0.5, 0.6) is 5.75 Å². The molecular weight excluding hydrogens is 470 g/mol. The summed E-state index contributed by atoms with van der Waals surface area (Å²) in [5, 5.41) is 12.7. The summed E-state index contributed by atoms with van der Waals surface area (Å²) in [5.41, 5.74) is 1.89. The summed E-state index contributed by atoms with van der Waals surface area (Å²) in [6.07, 6.45) is 1.68. The van der Waals surface area contributed by atoms with Gasteiger partial charge in [0.15, 0.2) is 0 Å². The number of aromatic carboxylic acids is 1. The van der Waals surface area contributed by atoms with Gasteiger partial charge in [-0.25, -0.2) is 4.79 Å². The zero-order valence-electron chi connectivity index (χ0n) is 15.3. The van der Waals surface area contributed by atoms with Crippen molar-refractivity contribution in [2.45, 2.75) is 6.61 Å². The van der Waals surface area contributed by atoms with Crippen LogP contribution < -0.4 is 10.1 Å². The van der Waals surface area contributed by atoms with Gasteiger partial charge in [0.2, 0.25) is 0 Å². The van der Waals surface area contributed by atoms with Gasteiger partial charge >= 0.3 is 5.97 Å². The van der Waals surface area contributed by atoms with Crippen LogP contribution in [0, 0.1) is 0 Å². The van der Waals surface area contributed by atoms with Crippen LogP contribution in [0.4, 0.5) is 4.79 Å². The second-order valence-corrected chi connectivity index (χ2v) is 8.30. The Hall–Kier alpha value is -3.10. The first-order chi connectivity index (χ1) is 14.4. The van der Waals surface area contributed by atoms with E-state index in [0.29, 0.717) is 17.3 Å². The minimum atomic E-state index is -0.962. The van der Waals surface area contributed by atoms with E-state index in [1.807, 2.05) is 30.3 Å². The molecule has 0 radical (unpaired) electrons.